The number of amides is 3. The number of ether oxygens (including phenoxy) is 1. The van der Waals surface area contributed by atoms with Gasteiger partial charge in [-0.05, 0) is 56.0 Å². The van der Waals surface area contributed by atoms with Crippen LogP contribution in [-0.4, -0.2) is 36.5 Å². The van der Waals surface area contributed by atoms with Gasteiger partial charge in [0, 0.05) is 29.2 Å². The number of alkyl halides is 3. The number of carbonyl (C=O) groups excluding carboxylic acids is 2. The molecule has 1 aliphatic rings. The molecule has 0 aliphatic carbocycles. The number of rotatable bonds is 10. The van der Waals surface area contributed by atoms with E-state index in [2.05, 4.69) is 0 Å². The number of hydrogen-bond acceptors (Lipinski definition) is 5. The molecular weight excluding hydrogens is 560 g/mol. The van der Waals surface area contributed by atoms with Crippen LogP contribution < -0.4 is 15.3 Å². The van der Waals surface area contributed by atoms with Crippen molar-refractivity contribution in [3.05, 3.63) is 68.0 Å². The summed E-state index contributed by atoms with van der Waals surface area (Å²) in [6.45, 7) is 2.26. The summed E-state index contributed by atoms with van der Waals surface area (Å²) in [5.74, 6) is 0.0383. The minimum atomic E-state index is -4.70. The van der Waals surface area contributed by atoms with Crippen LogP contribution in [0.4, 0.5) is 23.7 Å². The van der Waals surface area contributed by atoms with E-state index < -0.39 is 23.4 Å². The number of carbonyl (C=O) groups is 2. The summed E-state index contributed by atoms with van der Waals surface area (Å²) >= 11 is 12.0. The van der Waals surface area contributed by atoms with Crippen molar-refractivity contribution in [3.63, 3.8) is 0 Å². The minimum absolute atomic E-state index is 0.0890. The third-order valence-electron chi connectivity index (χ3n) is 6.33. The first-order valence-corrected chi connectivity index (χ1v) is 13.1. The van der Waals surface area contributed by atoms with E-state index in [1.54, 1.807) is 12.1 Å². The van der Waals surface area contributed by atoms with E-state index in [0.29, 0.717) is 60.2 Å². The molecule has 0 spiro atoms. The standard InChI is InChI=1S/C27H25Cl2F3N2O5/c1-2-6-18-22(10-8-17-19(27(30,31)32)14-24(36)39-25(17)18)38-12-5-3-4-11-33-23(35)15-34(26(33)37)16-7-9-20(28)21(29)13-16/h7-10,13-14H,2-6,11-12,15H2,1H3. The van der Waals surface area contributed by atoms with Crippen molar-refractivity contribution in [1.29, 1.82) is 0 Å². The highest BCUT2D eigenvalue weighted by Crippen LogP contribution is 2.37. The number of hydrogen-bond donors (Lipinski definition) is 0. The van der Waals surface area contributed by atoms with Crippen LogP contribution in [0.1, 0.15) is 43.7 Å². The van der Waals surface area contributed by atoms with Gasteiger partial charge in [0.2, 0.25) is 0 Å². The van der Waals surface area contributed by atoms with Gasteiger partial charge in [-0.15, -0.1) is 0 Å². The van der Waals surface area contributed by atoms with Gasteiger partial charge in [-0.2, -0.15) is 13.2 Å². The van der Waals surface area contributed by atoms with Crippen LogP contribution in [0.5, 0.6) is 5.75 Å². The van der Waals surface area contributed by atoms with Crippen LogP contribution in [0.2, 0.25) is 10.0 Å². The first-order valence-electron chi connectivity index (χ1n) is 12.4. The molecule has 2 aromatic carbocycles. The van der Waals surface area contributed by atoms with Crippen molar-refractivity contribution in [2.45, 2.75) is 45.2 Å². The van der Waals surface area contributed by atoms with Gasteiger partial charge in [0.1, 0.15) is 17.9 Å². The fourth-order valence-electron chi connectivity index (χ4n) is 4.47. The molecule has 39 heavy (non-hydrogen) atoms. The molecule has 3 aromatic rings. The Morgan fingerprint density at radius 2 is 1.77 bits per heavy atom. The van der Waals surface area contributed by atoms with E-state index >= 15 is 0 Å². The molecule has 12 heteroatoms. The number of anilines is 1. The molecule has 2 heterocycles. The van der Waals surface area contributed by atoms with Crippen LogP contribution in [0.15, 0.2) is 45.6 Å². The summed E-state index contributed by atoms with van der Waals surface area (Å²) in [6, 6.07) is 7.44. The second-order valence-electron chi connectivity index (χ2n) is 9.07. The predicted octanol–water partition coefficient (Wildman–Crippen LogP) is 7.09. The number of unbranched alkanes of at least 4 members (excludes halogenated alkanes) is 2. The Morgan fingerprint density at radius 3 is 2.46 bits per heavy atom. The minimum Gasteiger partial charge on any atom is -0.493 e. The molecule has 1 fully saturated rings. The third-order valence-corrected chi connectivity index (χ3v) is 7.07. The van der Waals surface area contributed by atoms with Crippen molar-refractivity contribution in [2.24, 2.45) is 0 Å². The zero-order valence-corrected chi connectivity index (χ0v) is 22.5. The Morgan fingerprint density at radius 1 is 1.00 bits per heavy atom. The van der Waals surface area contributed by atoms with Crippen molar-refractivity contribution in [1.82, 2.24) is 4.90 Å². The molecule has 1 aliphatic heterocycles. The van der Waals surface area contributed by atoms with Crippen molar-refractivity contribution in [2.75, 3.05) is 24.6 Å². The van der Waals surface area contributed by atoms with E-state index in [1.165, 1.54) is 28.0 Å². The predicted molar refractivity (Wildman–Crippen MR) is 142 cm³/mol. The summed E-state index contributed by atoms with van der Waals surface area (Å²) in [5, 5.41) is 0.440. The van der Waals surface area contributed by atoms with Gasteiger partial charge in [0.25, 0.3) is 5.91 Å². The summed E-state index contributed by atoms with van der Waals surface area (Å²) in [7, 11) is 0. The zero-order valence-electron chi connectivity index (χ0n) is 20.9. The van der Waals surface area contributed by atoms with Crippen LogP contribution in [0, 0.1) is 0 Å². The van der Waals surface area contributed by atoms with Crippen LogP contribution in [-0.2, 0) is 17.4 Å². The van der Waals surface area contributed by atoms with Crippen LogP contribution in [0.3, 0.4) is 0 Å². The van der Waals surface area contributed by atoms with Gasteiger partial charge in [-0.3, -0.25) is 14.6 Å². The van der Waals surface area contributed by atoms with Crippen LogP contribution in [0.25, 0.3) is 11.0 Å². The summed E-state index contributed by atoms with van der Waals surface area (Å²) in [6.07, 6.45) is -1.98. The lowest BCUT2D eigenvalue weighted by Gasteiger charge is -2.18. The van der Waals surface area contributed by atoms with E-state index in [0.717, 1.165) is 0 Å². The lowest BCUT2D eigenvalue weighted by atomic mass is 10.0. The molecule has 0 atom stereocenters. The molecule has 1 saturated heterocycles. The number of fused-ring (bicyclic) bond motifs is 1. The lowest BCUT2D eigenvalue weighted by molar-refractivity contribution is -0.136. The van der Waals surface area contributed by atoms with Gasteiger partial charge in [0.05, 0.1) is 22.2 Å². The molecule has 7 nitrogen and oxygen atoms in total. The number of benzene rings is 2. The highest BCUT2D eigenvalue weighted by Gasteiger charge is 2.37. The maximum absolute atomic E-state index is 13.5. The fourth-order valence-corrected chi connectivity index (χ4v) is 4.76. The molecule has 0 bridgehead atoms. The highest BCUT2D eigenvalue weighted by molar-refractivity contribution is 6.42. The number of urea groups is 1. The quantitative estimate of drug-likeness (QED) is 0.144. The smallest absolute Gasteiger partial charge is 0.417 e. The third kappa shape index (κ3) is 6.33. The number of nitrogens with zero attached hydrogens (tertiary/aromatic N) is 2. The van der Waals surface area contributed by atoms with E-state index in [4.69, 9.17) is 32.4 Å². The number of aryl methyl sites for hydroxylation is 1. The summed E-state index contributed by atoms with van der Waals surface area (Å²) < 4.78 is 51.4. The van der Waals surface area contributed by atoms with Gasteiger partial charge >= 0.3 is 17.8 Å². The van der Waals surface area contributed by atoms with E-state index in [-0.39, 0.29) is 41.6 Å². The Kier molecular flexibility index (Phi) is 8.76. The molecule has 3 amide bonds. The monoisotopic (exact) mass is 584 g/mol. The first kappa shape index (κ1) is 28.8. The summed E-state index contributed by atoms with van der Waals surface area (Å²) in [5.41, 5.74) is -1.34. The SMILES string of the molecule is CCCc1c(OCCCCCN2C(=O)CN(c3ccc(Cl)c(Cl)c3)C2=O)ccc2c(C(F)(F)F)cc(=O)oc12. The second-order valence-corrected chi connectivity index (χ2v) is 9.88. The molecule has 0 unspecified atom stereocenters. The molecular formula is C27H25Cl2F3N2O5. The van der Waals surface area contributed by atoms with Crippen LogP contribution >= 0.6 is 23.2 Å². The number of halogens is 5. The van der Waals surface area contributed by atoms with E-state index in [1.807, 2.05) is 6.92 Å². The molecule has 0 radical (unpaired) electrons. The molecule has 0 saturated carbocycles. The zero-order chi connectivity index (χ0) is 28.3. The topological polar surface area (TPSA) is 80.1 Å². The van der Waals surface area contributed by atoms with Gasteiger partial charge in [-0.1, -0.05) is 36.5 Å². The maximum atomic E-state index is 13.5. The second kappa shape index (κ2) is 11.9. The first-order chi connectivity index (χ1) is 18.5. The Balaban J connectivity index is 1.34. The van der Waals surface area contributed by atoms with Gasteiger partial charge in [-0.25, -0.2) is 9.59 Å². The highest BCUT2D eigenvalue weighted by atomic mass is 35.5. The Bertz CT molecular complexity index is 1460. The summed E-state index contributed by atoms with van der Waals surface area (Å²) in [4.78, 5) is 39.6. The largest absolute Gasteiger partial charge is 0.493 e. The average Bonchev–Trinajstić information content (AvgIpc) is 3.16. The molecule has 4 rings (SSSR count). The van der Waals surface area contributed by atoms with Crippen molar-refractivity contribution >= 4 is 51.8 Å². The van der Waals surface area contributed by atoms with E-state index in [9.17, 15) is 27.6 Å². The number of imide groups is 1. The molecule has 0 N–H and O–H groups in total. The average molecular weight is 585 g/mol. The Hall–Kier alpha value is -3.24. The van der Waals surface area contributed by atoms with Crippen molar-refractivity contribution < 1.29 is 31.9 Å². The maximum Gasteiger partial charge on any atom is 0.417 e. The molecule has 1 aromatic heterocycles. The fraction of sp³-hybridized carbons (Fsp3) is 0.370. The normalized spacial score (nSPS) is 14.1. The van der Waals surface area contributed by atoms with Crippen molar-refractivity contribution in [3.8, 4) is 5.75 Å². The molecule has 208 valence electrons. The Labute approximate surface area is 232 Å². The van der Waals surface area contributed by atoms with Gasteiger partial charge in [0.15, 0.2) is 0 Å². The van der Waals surface area contributed by atoms with Gasteiger partial charge < -0.3 is 9.15 Å². The lowest BCUT2D eigenvalue weighted by Crippen LogP contribution is -2.33.